The standard InChI is InChI=1S/C22H36O5/c1-4-5-17-22(2,3)20(25)15-11-9-7-6-8-10-13-18(23)19(24)14-12-16-21(26)27/h6-11,13,15,18-20,23-25H,4-5,12,14,16-17H2,1-3H3,(H,26,27)/t18-,19+,20+/m1/s1. The van der Waals surface area contributed by atoms with Gasteiger partial charge in [-0.05, 0) is 24.7 Å². The number of carbonyl (C=O) groups is 1. The van der Waals surface area contributed by atoms with Crippen LogP contribution in [0.15, 0.2) is 48.6 Å². The SMILES string of the molecule is CCCCC(C)(C)[C@@H](O)C=CC=CC=CC=C[C@@H](O)[C@@H](O)CCCC(=O)O. The molecular formula is C22H36O5. The molecule has 0 aliphatic rings. The van der Waals surface area contributed by atoms with Crippen LogP contribution < -0.4 is 0 Å². The summed E-state index contributed by atoms with van der Waals surface area (Å²) < 4.78 is 0. The van der Waals surface area contributed by atoms with Gasteiger partial charge in [0.05, 0.1) is 18.3 Å². The number of aliphatic hydroxyl groups is 3. The Kier molecular flexibility index (Phi) is 13.5. The van der Waals surface area contributed by atoms with E-state index in [0.717, 1.165) is 19.3 Å². The van der Waals surface area contributed by atoms with Gasteiger partial charge >= 0.3 is 5.97 Å². The van der Waals surface area contributed by atoms with E-state index >= 15 is 0 Å². The van der Waals surface area contributed by atoms with Crippen LogP contribution in [0, 0.1) is 5.41 Å². The highest BCUT2D eigenvalue weighted by Gasteiger charge is 2.24. The Labute approximate surface area is 163 Å². The molecule has 0 rings (SSSR count). The van der Waals surface area contributed by atoms with E-state index in [1.807, 2.05) is 18.2 Å². The summed E-state index contributed by atoms with van der Waals surface area (Å²) >= 11 is 0. The Morgan fingerprint density at radius 1 is 0.926 bits per heavy atom. The van der Waals surface area contributed by atoms with Crippen LogP contribution >= 0.6 is 0 Å². The average molecular weight is 381 g/mol. The molecule has 0 saturated carbocycles. The zero-order chi connectivity index (χ0) is 20.7. The number of carboxylic acid groups (broad SMARTS) is 1. The largest absolute Gasteiger partial charge is 0.481 e. The Morgan fingerprint density at radius 3 is 2.04 bits per heavy atom. The Bertz CT molecular complexity index is 517. The van der Waals surface area contributed by atoms with E-state index in [2.05, 4.69) is 20.8 Å². The third-order valence-electron chi connectivity index (χ3n) is 4.42. The van der Waals surface area contributed by atoms with Gasteiger partial charge in [-0.1, -0.05) is 82.2 Å². The van der Waals surface area contributed by atoms with E-state index in [1.165, 1.54) is 6.08 Å². The van der Waals surface area contributed by atoms with Gasteiger partial charge in [0.25, 0.3) is 0 Å². The quantitative estimate of drug-likeness (QED) is 0.344. The first kappa shape index (κ1) is 25.3. The molecule has 0 unspecified atom stereocenters. The molecule has 0 aliphatic heterocycles. The zero-order valence-electron chi connectivity index (χ0n) is 16.8. The Hall–Kier alpha value is -1.69. The zero-order valence-corrected chi connectivity index (χ0v) is 16.8. The first-order chi connectivity index (χ1) is 12.7. The molecule has 0 saturated heterocycles. The number of unbranched alkanes of at least 4 members (excludes halogenated alkanes) is 1. The van der Waals surface area contributed by atoms with Crippen molar-refractivity contribution >= 4 is 5.97 Å². The molecule has 0 aromatic carbocycles. The van der Waals surface area contributed by atoms with E-state index in [9.17, 15) is 20.1 Å². The van der Waals surface area contributed by atoms with Crippen LogP contribution in [-0.2, 0) is 4.79 Å². The molecule has 0 amide bonds. The maximum atomic E-state index is 10.4. The lowest BCUT2D eigenvalue weighted by Gasteiger charge is -2.28. The minimum absolute atomic E-state index is 0.0177. The van der Waals surface area contributed by atoms with Crippen molar-refractivity contribution < 1.29 is 25.2 Å². The van der Waals surface area contributed by atoms with Crippen molar-refractivity contribution in [1.82, 2.24) is 0 Å². The summed E-state index contributed by atoms with van der Waals surface area (Å²) in [5, 5.41) is 38.2. The van der Waals surface area contributed by atoms with Crippen LogP contribution in [0.25, 0.3) is 0 Å². The van der Waals surface area contributed by atoms with Crippen molar-refractivity contribution in [2.45, 2.75) is 77.6 Å². The summed E-state index contributed by atoms with van der Waals surface area (Å²) in [7, 11) is 0. The van der Waals surface area contributed by atoms with Crippen LogP contribution in [0.4, 0.5) is 0 Å². The summed E-state index contributed by atoms with van der Waals surface area (Å²) in [6.45, 7) is 6.27. The van der Waals surface area contributed by atoms with Gasteiger partial charge < -0.3 is 20.4 Å². The van der Waals surface area contributed by atoms with E-state index in [4.69, 9.17) is 5.11 Å². The molecule has 5 nitrogen and oxygen atoms in total. The van der Waals surface area contributed by atoms with Crippen molar-refractivity contribution in [2.24, 2.45) is 5.41 Å². The van der Waals surface area contributed by atoms with Gasteiger partial charge in [-0.25, -0.2) is 0 Å². The summed E-state index contributed by atoms with van der Waals surface area (Å²) in [5.74, 6) is -0.909. The molecule has 0 spiro atoms. The third kappa shape index (κ3) is 13.2. The first-order valence-corrected chi connectivity index (χ1v) is 9.65. The van der Waals surface area contributed by atoms with Crippen molar-refractivity contribution in [3.8, 4) is 0 Å². The molecular weight excluding hydrogens is 344 g/mol. The molecule has 0 aliphatic carbocycles. The fourth-order valence-corrected chi connectivity index (χ4v) is 2.41. The summed E-state index contributed by atoms with van der Waals surface area (Å²) in [5.41, 5.74) is -0.139. The number of carboxylic acids is 1. The van der Waals surface area contributed by atoms with Crippen molar-refractivity contribution in [1.29, 1.82) is 0 Å². The predicted molar refractivity (Wildman–Crippen MR) is 109 cm³/mol. The third-order valence-corrected chi connectivity index (χ3v) is 4.42. The van der Waals surface area contributed by atoms with Gasteiger partial charge in [0.15, 0.2) is 0 Å². The topological polar surface area (TPSA) is 98.0 Å². The molecule has 0 bridgehead atoms. The molecule has 0 heterocycles. The fraction of sp³-hybridized carbons (Fsp3) is 0.591. The molecule has 27 heavy (non-hydrogen) atoms. The van der Waals surface area contributed by atoms with E-state index in [1.54, 1.807) is 24.3 Å². The van der Waals surface area contributed by atoms with Gasteiger partial charge in [0.2, 0.25) is 0 Å². The second kappa shape index (κ2) is 14.4. The lowest BCUT2D eigenvalue weighted by Crippen LogP contribution is -2.27. The maximum absolute atomic E-state index is 10.4. The van der Waals surface area contributed by atoms with Crippen molar-refractivity contribution in [3.05, 3.63) is 48.6 Å². The highest BCUT2D eigenvalue weighted by molar-refractivity contribution is 5.66. The summed E-state index contributed by atoms with van der Waals surface area (Å²) in [6.07, 6.45) is 15.1. The monoisotopic (exact) mass is 380 g/mol. The molecule has 5 heteroatoms. The number of hydrogen-bond donors (Lipinski definition) is 4. The molecule has 4 N–H and O–H groups in total. The van der Waals surface area contributed by atoms with Gasteiger partial charge in [0, 0.05) is 6.42 Å². The van der Waals surface area contributed by atoms with Crippen LogP contribution in [-0.4, -0.2) is 44.7 Å². The molecule has 3 atom stereocenters. The van der Waals surface area contributed by atoms with Crippen molar-refractivity contribution in [3.63, 3.8) is 0 Å². The second-order valence-electron chi connectivity index (χ2n) is 7.42. The number of allylic oxidation sites excluding steroid dienone is 6. The molecule has 0 aromatic rings. The molecule has 0 fully saturated rings. The van der Waals surface area contributed by atoms with Crippen LogP contribution in [0.1, 0.15) is 59.3 Å². The van der Waals surface area contributed by atoms with E-state index in [0.29, 0.717) is 6.42 Å². The lowest BCUT2D eigenvalue weighted by molar-refractivity contribution is -0.137. The van der Waals surface area contributed by atoms with Gasteiger partial charge in [-0.15, -0.1) is 0 Å². The summed E-state index contributed by atoms with van der Waals surface area (Å²) in [6, 6.07) is 0. The minimum Gasteiger partial charge on any atom is -0.481 e. The number of hydrogen-bond acceptors (Lipinski definition) is 4. The van der Waals surface area contributed by atoms with Crippen LogP contribution in [0.2, 0.25) is 0 Å². The van der Waals surface area contributed by atoms with Crippen LogP contribution in [0.5, 0.6) is 0 Å². The molecule has 0 aromatic heterocycles. The fourth-order valence-electron chi connectivity index (χ4n) is 2.41. The minimum atomic E-state index is -1.02. The van der Waals surface area contributed by atoms with Crippen molar-refractivity contribution in [2.75, 3.05) is 0 Å². The Morgan fingerprint density at radius 2 is 1.48 bits per heavy atom. The van der Waals surface area contributed by atoms with Gasteiger partial charge in [-0.3, -0.25) is 4.79 Å². The number of aliphatic carboxylic acids is 1. The highest BCUT2D eigenvalue weighted by Crippen LogP contribution is 2.28. The Balaban J connectivity index is 4.22. The molecule has 154 valence electrons. The predicted octanol–water partition coefficient (Wildman–Crippen LogP) is 3.77. The van der Waals surface area contributed by atoms with Gasteiger partial charge in [-0.2, -0.15) is 0 Å². The van der Waals surface area contributed by atoms with Gasteiger partial charge in [0.1, 0.15) is 0 Å². The van der Waals surface area contributed by atoms with Crippen LogP contribution in [0.3, 0.4) is 0 Å². The van der Waals surface area contributed by atoms with E-state index < -0.39 is 24.3 Å². The number of rotatable bonds is 14. The lowest BCUT2D eigenvalue weighted by atomic mass is 9.81. The number of aliphatic hydroxyl groups excluding tert-OH is 3. The summed E-state index contributed by atoms with van der Waals surface area (Å²) in [4.78, 5) is 10.4. The normalized spacial score (nSPS) is 16.7. The highest BCUT2D eigenvalue weighted by atomic mass is 16.4. The average Bonchev–Trinajstić information content (AvgIpc) is 2.61. The second-order valence-corrected chi connectivity index (χ2v) is 7.42. The first-order valence-electron chi connectivity index (χ1n) is 9.65. The smallest absolute Gasteiger partial charge is 0.303 e. The van der Waals surface area contributed by atoms with E-state index in [-0.39, 0.29) is 18.3 Å². The molecule has 0 radical (unpaired) electrons. The maximum Gasteiger partial charge on any atom is 0.303 e.